The number of para-hydroxylation sites is 7. The summed E-state index contributed by atoms with van der Waals surface area (Å²) in [6.45, 7) is 4.71. The van der Waals surface area contributed by atoms with Gasteiger partial charge in [0.15, 0.2) is 5.58 Å². The minimum absolute atomic E-state index is 0.0455. The van der Waals surface area contributed by atoms with Crippen LogP contribution in [-0.2, 0) is 5.41 Å². The van der Waals surface area contributed by atoms with E-state index in [0.717, 1.165) is 44.3 Å². The van der Waals surface area contributed by atoms with Crippen LogP contribution in [0.2, 0.25) is 0 Å². The molecule has 5 nitrogen and oxygen atoms in total. The maximum atomic E-state index is 6.51. The predicted molar refractivity (Wildman–Crippen MR) is 411 cm³/mol. The molecule has 460 valence electrons. The highest BCUT2D eigenvalue weighted by Crippen LogP contribution is 2.50. The van der Waals surface area contributed by atoms with Crippen LogP contribution in [0.4, 0.5) is 0 Å². The number of rotatable bonds is 7. The molecule has 0 aliphatic heterocycles. The van der Waals surface area contributed by atoms with Crippen LogP contribution >= 0.6 is 0 Å². The Morgan fingerprint density at radius 2 is 0.602 bits per heavy atom. The monoisotopic (exact) mass is 1250 g/mol. The van der Waals surface area contributed by atoms with E-state index in [4.69, 9.17) is 4.42 Å². The van der Waals surface area contributed by atoms with Crippen molar-refractivity contribution in [3.05, 3.63) is 351 Å². The molecular weight excluding hydrogens is 1190 g/mol. The molecule has 1 aliphatic carbocycles. The summed E-state index contributed by atoms with van der Waals surface area (Å²) in [4.78, 5) is 0. The molecule has 0 atom stereocenters. The molecule has 0 saturated heterocycles. The zero-order valence-corrected chi connectivity index (χ0v) is 54.0. The van der Waals surface area contributed by atoms with E-state index in [1.54, 1.807) is 0 Å². The van der Waals surface area contributed by atoms with Gasteiger partial charge in [-0.25, -0.2) is 0 Å². The van der Waals surface area contributed by atoms with E-state index in [9.17, 15) is 0 Å². The normalized spacial score (nSPS) is 12.7. The fourth-order valence-corrected chi connectivity index (χ4v) is 16.5. The molecule has 0 N–H and O–H groups in total. The van der Waals surface area contributed by atoms with E-state index in [2.05, 4.69) is 360 Å². The highest BCUT2D eigenvalue weighted by Gasteiger charge is 2.35. The minimum Gasteiger partial charge on any atom is -0.454 e. The number of fused-ring (bicyclic) bond motifs is 18. The molecule has 1 aliphatic rings. The summed E-state index contributed by atoms with van der Waals surface area (Å²) < 4.78 is 16.1. The lowest BCUT2D eigenvalue weighted by atomic mass is 9.82. The smallest absolute Gasteiger partial charge is 0.159 e. The van der Waals surface area contributed by atoms with Gasteiger partial charge >= 0.3 is 0 Å². The van der Waals surface area contributed by atoms with Crippen molar-refractivity contribution in [3.8, 4) is 67.3 Å². The Hall–Kier alpha value is -12.7. The molecule has 0 bridgehead atoms. The van der Waals surface area contributed by atoms with Crippen LogP contribution < -0.4 is 0 Å². The molecule has 5 aromatic heterocycles. The van der Waals surface area contributed by atoms with E-state index in [1.165, 1.54) is 143 Å². The molecule has 0 unspecified atom stereocenters. The summed E-state index contributed by atoms with van der Waals surface area (Å²) in [6, 6.07) is 124. The van der Waals surface area contributed by atoms with Crippen LogP contribution in [0.3, 0.4) is 0 Å². The fraction of sp³-hybridized carbons (Fsp3) is 0.0323. The van der Waals surface area contributed by atoms with Crippen LogP contribution in [0.5, 0.6) is 0 Å². The summed E-state index contributed by atoms with van der Waals surface area (Å²) in [5.74, 6) is 0. The Kier molecular flexibility index (Phi) is 12.3. The molecule has 15 aromatic carbocycles. The third-order valence-corrected chi connectivity index (χ3v) is 21.0. The predicted octanol–water partition coefficient (Wildman–Crippen LogP) is 25.0. The van der Waals surface area contributed by atoms with Gasteiger partial charge in [-0.3, -0.25) is 0 Å². The van der Waals surface area contributed by atoms with E-state index in [0.29, 0.717) is 0 Å². The van der Waals surface area contributed by atoms with Crippen LogP contribution in [0, 0.1) is 0 Å². The van der Waals surface area contributed by atoms with Crippen LogP contribution in [0.15, 0.2) is 344 Å². The van der Waals surface area contributed by atoms with Gasteiger partial charge in [0, 0.05) is 76.3 Å². The number of benzene rings is 15. The lowest BCUT2D eigenvalue weighted by molar-refractivity contribution is 0.660. The van der Waals surface area contributed by atoms with Crippen molar-refractivity contribution in [1.29, 1.82) is 0 Å². The summed E-state index contributed by atoms with van der Waals surface area (Å²) in [7, 11) is 0. The van der Waals surface area contributed by atoms with Gasteiger partial charge < -0.3 is 22.7 Å². The first kappa shape index (κ1) is 55.7. The Labute approximate surface area is 565 Å². The maximum absolute atomic E-state index is 6.51. The average molecular weight is 1250 g/mol. The molecule has 0 fully saturated rings. The first-order valence-corrected chi connectivity index (χ1v) is 33.9. The number of nitrogens with zero attached hydrogens (tertiary/aromatic N) is 4. The Morgan fingerprint density at radius 3 is 1.16 bits per heavy atom. The van der Waals surface area contributed by atoms with Crippen LogP contribution in [-0.4, -0.2) is 18.3 Å². The summed E-state index contributed by atoms with van der Waals surface area (Å²) in [5, 5.41) is 12.3. The van der Waals surface area contributed by atoms with Gasteiger partial charge in [-0.15, -0.1) is 0 Å². The number of aromatic nitrogens is 4. The first-order chi connectivity index (χ1) is 48.4. The Bertz CT molecular complexity index is 6650. The van der Waals surface area contributed by atoms with E-state index < -0.39 is 0 Å². The van der Waals surface area contributed by atoms with Crippen molar-refractivity contribution in [3.63, 3.8) is 0 Å². The minimum atomic E-state index is -0.0455. The van der Waals surface area contributed by atoms with E-state index in [-0.39, 0.29) is 5.41 Å². The molecule has 20 aromatic rings. The molecule has 0 spiro atoms. The van der Waals surface area contributed by atoms with Crippen molar-refractivity contribution < 1.29 is 4.42 Å². The van der Waals surface area contributed by atoms with Crippen molar-refractivity contribution >= 4 is 109 Å². The standard InChI is InChI=1S/C48H30N2O.C45H32N2/c1-2-12-31(13-3-1)32-14-10-15-35(28-32)49-42-20-7-4-16-36(42)40-29-33(24-26-44(40)49)34-25-27-45-41(30-34)37-17-5-8-21-43(37)50(45)46-22-11-19-39-38-18-6-9-23-47(38)51-48(39)46;1-45(2)39-17-9-6-14-33(39)34-23-22-32(28-40(34)45)47-42-19-11-8-16-36(42)38-27-30(21-25-44(38)47)29-20-24-43-37(26-29)35-15-7-10-18-41(35)46(43)31-12-4-3-5-13-31/h1-30H;3-28H,1-2H3. The quantitative estimate of drug-likeness (QED) is 0.157. The number of hydrogen-bond donors (Lipinski definition) is 0. The molecule has 21 rings (SSSR count). The molecule has 0 radical (unpaired) electrons. The third kappa shape index (κ3) is 8.46. The van der Waals surface area contributed by atoms with Crippen LogP contribution in [0.1, 0.15) is 25.0 Å². The van der Waals surface area contributed by atoms with Gasteiger partial charge in [0.05, 0.1) is 49.8 Å². The lowest BCUT2D eigenvalue weighted by Crippen LogP contribution is -2.15. The second-order valence-electron chi connectivity index (χ2n) is 26.7. The SMILES string of the molecule is CC1(C)c2ccccc2-c2ccc(-n3c4ccccc4c4cc(-c5ccc6c(c5)c5ccccc5n6-c5ccccc5)ccc43)cc21.c1ccc(-c2cccc(-n3c4ccccc4c4cc(-c5ccc6c(c5)c5ccccc5n6-c5cccc6c5oc5ccccc56)ccc43)c2)cc1. The molecule has 5 heterocycles. The maximum Gasteiger partial charge on any atom is 0.159 e. The largest absolute Gasteiger partial charge is 0.454 e. The second-order valence-corrected chi connectivity index (χ2v) is 26.7. The molecule has 5 heteroatoms. The topological polar surface area (TPSA) is 32.9 Å². The first-order valence-electron chi connectivity index (χ1n) is 33.9. The fourth-order valence-electron chi connectivity index (χ4n) is 16.5. The van der Waals surface area contributed by atoms with Crippen molar-refractivity contribution in [1.82, 2.24) is 18.3 Å². The zero-order chi connectivity index (χ0) is 64.7. The Balaban J connectivity index is 0.000000133. The van der Waals surface area contributed by atoms with Gasteiger partial charge in [-0.1, -0.05) is 232 Å². The summed E-state index contributed by atoms with van der Waals surface area (Å²) >= 11 is 0. The molecular formula is C93H62N4O. The summed E-state index contributed by atoms with van der Waals surface area (Å²) in [6.07, 6.45) is 0. The second kappa shape index (κ2) is 21.7. The zero-order valence-electron chi connectivity index (χ0n) is 54.0. The molecule has 98 heavy (non-hydrogen) atoms. The highest BCUT2D eigenvalue weighted by atomic mass is 16.3. The van der Waals surface area contributed by atoms with Gasteiger partial charge in [0.25, 0.3) is 0 Å². The van der Waals surface area contributed by atoms with E-state index in [1.807, 2.05) is 12.1 Å². The number of hydrogen-bond acceptors (Lipinski definition) is 1. The van der Waals surface area contributed by atoms with E-state index >= 15 is 0 Å². The van der Waals surface area contributed by atoms with Gasteiger partial charge in [0.1, 0.15) is 5.58 Å². The highest BCUT2D eigenvalue weighted by molar-refractivity contribution is 6.16. The van der Waals surface area contributed by atoms with Gasteiger partial charge in [-0.2, -0.15) is 0 Å². The van der Waals surface area contributed by atoms with Crippen molar-refractivity contribution in [2.24, 2.45) is 0 Å². The van der Waals surface area contributed by atoms with Crippen molar-refractivity contribution in [2.75, 3.05) is 0 Å². The Morgan fingerprint density at radius 1 is 0.224 bits per heavy atom. The van der Waals surface area contributed by atoms with Gasteiger partial charge in [0.2, 0.25) is 0 Å². The molecule has 0 saturated carbocycles. The average Bonchev–Trinajstić information content (AvgIpc) is 1.57. The summed E-state index contributed by atoms with van der Waals surface area (Å²) in [5.41, 5.74) is 28.7. The molecule has 0 amide bonds. The number of furan rings is 1. The van der Waals surface area contributed by atoms with Gasteiger partial charge in [-0.05, 0) is 177 Å². The lowest BCUT2D eigenvalue weighted by Gasteiger charge is -2.22. The van der Waals surface area contributed by atoms with Crippen molar-refractivity contribution in [2.45, 2.75) is 19.3 Å². The van der Waals surface area contributed by atoms with Crippen LogP contribution in [0.25, 0.3) is 176 Å². The third-order valence-electron chi connectivity index (χ3n) is 21.0.